The zero-order valence-corrected chi connectivity index (χ0v) is 4.73. The third-order valence-corrected chi connectivity index (χ3v) is 1.03. The summed E-state index contributed by atoms with van der Waals surface area (Å²) in [5, 5.41) is 0. The van der Waals surface area contributed by atoms with Crippen molar-refractivity contribution < 1.29 is 10.9 Å². The Morgan fingerprint density at radius 3 is 3.25 bits per heavy atom. The van der Waals surface area contributed by atoms with Gasteiger partial charge in [-0.15, -0.1) is 0 Å². The number of hydrogen-bond donors (Lipinski definition) is 0. The lowest BCUT2D eigenvalue weighted by atomic mass is 10.2. The summed E-state index contributed by atoms with van der Waals surface area (Å²) in [5.41, 5.74) is 0.446. The molecule has 0 saturated carbocycles. The molecule has 0 bridgehead atoms. The highest BCUT2D eigenvalue weighted by Gasteiger charge is 2.07. The van der Waals surface area contributed by atoms with Gasteiger partial charge in [0, 0.05) is 12.0 Å². The van der Waals surface area contributed by atoms with Crippen LogP contribution in [0.3, 0.4) is 0 Å². The minimum Gasteiger partial charge on any atom is -0.462 e. The Morgan fingerprint density at radius 1 is 2.00 bits per heavy atom. The van der Waals surface area contributed by atoms with Crippen LogP contribution in [-0.2, 0) is 9.53 Å². The summed E-state index contributed by atoms with van der Waals surface area (Å²) < 4.78 is 11.8. The minimum absolute atomic E-state index is 0.341. The molecule has 44 valence electrons. The van der Waals surface area contributed by atoms with Crippen LogP contribution in [0.1, 0.15) is 14.7 Å². The van der Waals surface area contributed by atoms with Gasteiger partial charge in [-0.3, -0.25) is 0 Å². The molecule has 8 heavy (non-hydrogen) atoms. The van der Waals surface area contributed by atoms with Gasteiger partial charge in [-0.25, -0.2) is 4.79 Å². The van der Waals surface area contributed by atoms with E-state index in [0.29, 0.717) is 24.7 Å². The van der Waals surface area contributed by atoms with Crippen molar-refractivity contribution in [1.29, 1.82) is 0 Å². The maximum atomic E-state index is 10.6. The molecule has 0 atom stereocenters. The lowest BCUT2D eigenvalue weighted by molar-refractivity contribution is -0.139. The molecule has 2 nitrogen and oxygen atoms in total. The van der Waals surface area contributed by atoms with E-state index in [2.05, 4.69) is 4.74 Å². The lowest BCUT2D eigenvalue weighted by Gasteiger charge is -2.07. The fourth-order valence-electron chi connectivity index (χ4n) is 0.563. The number of cyclic esters (lactones) is 1. The Balaban J connectivity index is 2.84. The van der Waals surface area contributed by atoms with E-state index in [0.717, 1.165) is 0 Å². The van der Waals surface area contributed by atoms with Crippen molar-refractivity contribution in [2.75, 3.05) is 6.61 Å². The van der Waals surface area contributed by atoms with Gasteiger partial charge in [-0.2, -0.15) is 0 Å². The molecule has 0 aromatic rings. The van der Waals surface area contributed by atoms with Crippen LogP contribution in [0.15, 0.2) is 11.6 Å². The van der Waals surface area contributed by atoms with E-state index in [1.54, 1.807) is 6.92 Å². The molecule has 0 saturated heterocycles. The summed E-state index contributed by atoms with van der Waals surface area (Å²) >= 11 is 0. The second kappa shape index (κ2) is 1.99. The van der Waals surface area contributed by atoms with Crippen molar-refractivity contribution in [1.82, 2.24) is 0 Å². The largest absolute Gasteiger partial charge is 0.462 e. The Morgan fingerprint density at radius 2 is 2.75 bits per heavy atom. The summed E-state index contributed by atoms with van der Waals surface area (Å²) in [6.07, 6.45) is 0.567. The Hall–Kier alpha value is -0.790. The van der Waals surface area contributed by atoms with E-state index in [1.165, 1.54) is 0 Å². The standard InChI is InChI=1S/C6H8O2/c1-5-3-2-4-8-6(5)7/h3H,2,4H2,1H3/i3D. The second-order valence-corrected chi connectivity index (χ2v) is 1.69. The van der Waals surface area contributed by atoms with Gasteiger partial charge in [0.15, 0.2) is 0 Å². The molecule has 0 N–H and O–H groups in total. The van der Waals surface area contributed by atoms with Crippen LogP contribution in [0, 0.1) is 0 Å². The van der Waals surface area contributed by atoms with E-state index >= 15 is 0 Å². The first-order valence-corrected chi connectivity index (χ1v) is 2.55. The van der Waals surface area contributed by atoms with Gasteiger partial charge in [0.2, 0.25) is 0 Å². The molecule has 0 radical (unpaired) electrons. The summed E-state index contributed by atoms with van der Waals surface area (Å²) in [6.45, 7) is 1.98. The van der Waals surface area contributed by atoms with Crippen molar-refractivity contribution in [3.8, 4) is 0 Å². The molecule has 0 aromatic heterocycles. The van der Waals surface area contributed by atoms with Crippen LogP contribution in [-0.4, -0.2) is 12.6 Å². The number of carbonyl (C=O) groups is 1. The number of ether oxygens (including phenoxy) is 1. The molecule has 0 spiro atoms. The lowest BCUT2D eigenvalue weighted by Crippen LogP contribution is -2.11. The second-order valence-electron chi connectivity index (χ2n) is 1.69. The normalized spacial score (nSPS) is 22.6. The first-order chi connectivity index (χ1) is 4.22. The monoisotopic (exact) mass is 113 g/mol. The predicted molar refractivity (Wildman–Crippen MR) is 29.3 cm³/mol. The van der Waals surface area contributed by atoms with Crippen LogP contribution < -0.4 is 0 Å². The molecular formula is C6H8O2. The third-order valence-electron chi connectivity index (χ3n) is 1.03. The van der Waals surface area contributed by atoms with Crippen LogP contribution in [0.25, 0.3) is 0 Å². The molecule has 1 heterocycles. The first kappa shape index (κ1) is 4.13. The highest BCUT2D eigenvalue weighted by molar-refractivity contribution is 5.88. The number of carbonyl (C=O) groups excluding carboxylic acids is 1. The molecule has 2 heteroatoms. The van der Waals surface area contributed by atoms with Gasteiger partial charge >= 0.3 is 5.97 Å². The van der Waals surface area contributed by atoms with Gasteiger partial charge in [0.05, 0.1) is 7.98 Å². The third kappa shape index (κ3) is 0.886. The maximum Gasteiger partial charge on any atom is 0.333 e. The highest BCUT2D eigenvalue weighted by Crippen LogP contribution is 2.04. The van der Waals surface area contributed by atoms with Crippen molar-refractivity contribution in [3.63, 3.8) is 0 Å². The van der Waals surface area contributed by atoms with E-state index in [4.69, 9.17) is 1.37 Å². The fraction of sp³-hybridized carbons (Fsp3) is 0.500. The van der Waals surface area contributed by atoms with Crippen LogP contribution in [0.2, 0.25) is 0 Å². The smallest absolute Gasteiger partial charge is 0.333 e. The van der Waals surface area contributed by atoms with Gasteiger partial charge in [-0.1, -0.05) is 6.05 Å². The van der Waals surface area contributed by atoms with Crippen molar-refractivity contribution >= 4 is 5.97 Å². The highest BCUT2D eigenvalue weighted by atomic mass is 16.5. The molecule has 0 unspecified atom stereocenters. The maximum absolute atomic E-state index is 10.6. The predicted octanol–water partition coefficient (Wildman–Crippen LogP) is 0.880. The van der Waals surface area contributed by atoms with Crippen molar-refractivity contribution in [2.24, 2.45) is 0 Å². The zero-order valence-electron chi connectivity index (χ0n) is 5.73. The SMILES string of the molecule is [2H]C1=C(C)C(=O)OCC1. The van der Waals surface area contributed by atoms with Crippen molar-refractivity contribution in [2.45, 2.75) is 13.3 Å². The van der Waals surface area contributed by atoms with E-state index in [1.807, 2.05) is 0 Å². The van der Waals surface area contributed by atoms with Gasteiger partial charge in [0.1, 0.15) is 0 Å². The molecule has 1 aliphatic rings. The summed E-state index contributed by atoms with van der Waals surface area (Å²) in [4.78, 5) is 10.6. The van der Waals surface area contributed by atoms with Crippen LogP contribution in [0.4, 0.5) is 0 Å². The van der Waals surface area contributed by atoms with E-state index in [9.17, 15) is 4.79 Å². The van der Waals surface area contributed by atoms with Gasteiger partial charge < -0.3 is 4.74 Å². The number of rotatable bonds is 0. The number of hydrogen-bond acceptors (Lipinski definition) is 2. The average molecular weight is 113 g/mol. The molecule has 0 amide bonds. The molecule has 1 aliphatic heterocycles. The summed E-state index contributed by atoms with van der Waals surface area (Å²) in [6, 6.07) is 0.409. The summed E-state index contributed by atoms with van der Waals surface area (Å²) in [7, 11) is 0. The Bertz CT molecular complexity index is 172. The summed E-state index contributed by atoms with van der Waals surface area (Å²) in [5.74, 6) is -0.341. The fourth-order valence-corrected chi connectivity index (χ4v) is 0.563. The number of esters is 1. The molecule has 0 aliphatic carbocycles. The van der Waals surface area contributed by atoms with Gasteiger partial charge in [0.25, 0.3) is 0 Å². The van der Waals surface area contributed by atoms with E-state index < -0.39 is 0 Å². The van der Waals surface area contributed by atoms with Crippen LogP contribution >= 0.6 is 0 Å². The molecule has 0 aromatic carbocycles. The van der Waals surface area contributed by atoms with Crippen molar-refractivity contribution in [3.05, 3.63) is 11.6 Å². The average Bonchev–Trinajstić information content (AvgIpc) is 1.83. The zero-order chi connectivity index (χ0) is 6.85. The quantitative estimate of drug-likeness (QED) is 0.436. The molecular weight excluding hydrogens is 104 g/mol. The Labute approximate surface area is 49.5 Å². The van der Waals surface area contributed by atoms with E-state index in [-0.39, 0.29) is 5.97 Å². The van der Waals surface area contributed by atoms with Crippen LogP contribution in [0.5, 0.6) is 0 Å². The molecule has 1 rings (SSSR count). The van der Waals surface area contributed by atoms with Gasteiger partial charge in [-0.05, 0) is 6.92 Å². The first-order valence-electron chi connectivity index (χ1n) is 3.05. The topological polar surface area (TPSA) is 26.3 Å². The minimum atomic E-state index is -0.341. The Kier molecular flexibility index (Phi) is 1.02. The molecule has 0 fully saturated rings.